The summed E-state index contributed by atoms with van der Waals surface area (Å²) in [7, 11) is -3.23. The number of hydrogen-bond donors (Lipinski definition) is 1. The molecule has 94 valence electrons. The van der Waals surface area contributed by atoms with E-state index < -0.39 is 16.0 Å². The predicted molar refractivity (Wildman–Crippen MR) is 61.7 cm³/mol. The Morgan fingerprint density at radius 2 is 2.29 bits per heavy atom. The van der Waals surface area contributed by atoms with Gasteiger partial charge in [0.05, 0.1) is 12.7 Å². The van der Waals surface area contributed by atoms with Crippen LogP contribution in [0.5, 0.6) is 0 Å². The average molecular weight is 258 g/mol. The van der Waals surface area contributed by atoms with Crippen LogP contribution in [0.15, 0.2) is 24.5 Å². The lowest BCUT2D eigenvalue weighted by Gasteiger charge is -2.05. The van der Waals surface area contributed by atoms with Crippen molar-refractivity contribution in [2.75, 3.05) is 19.4 Å². The summed E-state index contributed by atoms with van der Waals surface area (Å²) in [4.78, 5) is 15.2. The summed E-state index contributed by atoms with van der Waals surface area (Å²) in [5.74, 6) is -0.409. The van der Waals surface area contributed by atoms with Crippen LogP contribution in [0.1, 0.15) is 5.56 Å². The first-order chi connectivity index (χ1) is 7.97. The van der Waals surface area contributed by atoms with Gasteiger partial charge in [-0.25, -0.2) is 13.1 Å². The maximum Gasteiger partial charge on any atom is 0.310 e. The molecule has 1 N–H and O–H groups in total. The zero-order valence-electron chi connectivity index (χ0n) is 9.42. The molecule has 0 unspecified atom stereocenters. The second-order valence-corrected chi connectivity index (χ2v) is 5.26. The third kappa shape index (κ3) is 6.64. The number of rotatable bonds is 6. The predicted octanol–water partition coefficient (Wildman–Crippen LogP) is -0.283. The fourth-order valence-corrected chi connectivity index (χ4v) is 1.57. The molecule has 17 heavy (non-hydrogen) atoms. The van der Waals surface area contributed by atoms with Gasteiger partial charge in [-0.1, -0.05) is 6.07 Å². The molecule has 1 rings (SSSR count). The summed E-state index contributed by atoms with van der Waals surface area (Å²) in [6.45, 7) is 0.101. The highest BCUT2D eigenvalue weighted by Crippen LogP contribution is 1.98. The van der Waals surface area contributed by atoms with Gasteiger partial charge in [0.1, 0.15) is 6.61 Å². The van der Waals surface area contributed by atoms with Gasteiger partial charge in [0.2, 0.25) is 10.0 Å². The third-order valence-electron chi connectivity index (χ3n) is 1.80. The van der Waals surface area contributed by atoms with E-state index in [0.717, 1.165) is 11.8 Å². The van der Waals surface area contributed by atoms with Crippen molar-refractivity contribution in [2.24, 2.45) is 0 Å². The minimum absolute atomic E-state index is 0.0200. The fourth-order valence-electron chi connectivity index (χ4n) is 1.11. The minimum Gasteiger partial charge on any atom is -0.464 e. The molecule has 0 bridgehead atoms. The largest absolute Gasteiger partial charge is 0.464 e. The summed E-state index contributed by atoms with van der Waals surface area (Å²) in [5.41, 5.74) is 0.758. The molecular formula is C10H14N2O4S. The summed E-state index contributed by atoms with van der Waals surface area (Å²) < 4.78 is 28.5. The van der Waals surface area contributed by atoms with Crippen molar-refractivity contribution in [1.29, 1.82) is 0 Å². The van der Waals surface area contributed by atoms with E-state index in [2.05, 4.69) is 9.71 Å². The molecule has 0 aliphatic heterocycles. The molecule has 0 amide bonds. The average Bonchev–Trinajstić information content (AvgIpc) is 2.25. The van der Waals surface area contributed by atoms with Crippen LogP contribution < -0.4 is 4.72 Å². The molecule has 0 atom stereocenters. The Bertz CT molecular complexity index is 458. The van der Waals surface area contributed by atoms with E-state index in [1.807, 2.05) is 0 Å². The first-order valence-corrected chi connectivity index (χ1v) is 6.86. The van der Waals surface area contributed by atoms with E-state index in [0.29, 0.717) is 0 Å². The maximum atomic E-state index is 11.3. The van der Waals surface area contributed by atoms with Gasteiger partial charge in [-0.15, -0.1) is 0 Å². The highest BCUT2D eigenvalue weighted by Gasteiger charge is 2.05. The van der Waals surface area contributed by atoms with Crippen LogP contribution in [-0.2, 0) is 26.0 Å². The van der Waals surface area contributed by atoms with Crippen molar-refractivity contribution in [3.63, 3.8) is 0 Å². The molecule has 0 radical (unpaired) electrons. The van der Waals surface area contributed by atoms with Gasteiger partial charge in [-0.3, -0.25) is 9.78 Å². The quantitative estimate of drug-likeness (QED) is 0.560. The molecule has 0 saturated carbocycles. The molecule has 1 aromatic heterocycles. The number of esters is 1. The Morgan fingerprint density at radius 1 is 1.53 bits per heavy atom. The Labute approximate surface area is 100 Å². The standard InChI is InChI=1S/C10H14N2O4S/c1-17(14,15)12-5-6-16-10(13)7-9-3-2-4-11-8-9/h2-4,8,12H,5-7H2,1H3. The monoisotopic (exact) mass is 258 g/mol. The van der Waals surface area contributed by atoms with E-state index in [9.17, 15) is 13.2 Å². The van der Waals surface area contributed by atoms with Crippen LogP contribution in [0, 0.1) is 0 Å². The van der Waals surface area contributed by atoms with Crippen LogP contribution >= 0.6 is 0 Å². The molecule has 6 nitrogen and oxygen atoms in total. The third-order valence-corrected chi connectivity index (χ3v) is 2.53. The summed E-state index contributed by atoms with van der Waals surface area (Å²) in [6.07, 6.45) is 4.37. The van der Waals surface area contributed by atoms with Crippen LogP contribution in [0.3, 0.4) is 0 Å². The molecular weight excluding hydrogens is 244 g/mol. The SMILES string of the molecule is CS(=O)(=O)NCCOC(=O)Cc1cccnc1. The van der Waals surface area contributed by atoms with Crippen LogP contribution in [0.4, 0.5) is 0 Å². The van der Waals surface area contributed by atoms with Crippen LogP contribution in [0.2, 0.25) is 0 Å². The first-order valence-electron chi connectivity index (χ1n) is 4.96. The Balaban J connectivity index is 2.23. The van der Waals surface area contributed by atoms with Crippen LogP contribution in [0.25, 0.3) is 0 Å². The van der Waals surface area contributed by atoms with Gasteiger partial charge in [-0.05, 0) is 11.6 Å². The summed E-state index contributed by atoms with van der Waals surface area (Å²) >= 11 is 0. The first kappa shape index (κ1) is 13.6. The lowest BCUT2D eigenvalue weighted by Crippen LogP contribution is -2.27. The van der Waals surface area contributed by atoms with Gasteiger partial charge in [0.15, 0.2) is 0 Å². The lowest BCUT2D eigenvalue weighted by atomic mass is 10.2. The van der Waals surface area contributed by atoms with Gasteiger partial charge < -0.3 is 4.74 Å². The zero-order valence-corrected chi connectivity index (χ0v) is 10.2. The van der Waals surface area contributed by atoms with Crippen molar-refractivity contribution >= 4 is 16.0 Å². The van der Waals surface area contributed by atoms with Gasteiger partial charge in [-0.2, -0.15) is 0 Å². The number of sulfonamides is 1. The highest BCUT2D eigenvalue weighted by molar-refractivity contribution is 7.88. The normalized spacial score (nSPS) is 11.1. The smallest absolute Gasteiger partial charge is 0.310 e. The number of pyridine rings is 1. The number of carbonyl (C=O) groups is 1. The number of hydrogen-bond acceptors (Lipinski definition) is 5. The summed E-state index contributed by atoms with van der Waals surface area (Å²) in [5, 5.41) is 0. The Morgan fingerprint density at radius 3 is 2.88 bits per heavy atom. The van der Waals surface area contributed by atoms with Crippen LogP contribution in [-0.4, -0.2) is 38.8 Å². The molecule has 1 aromatic rings. The van der Waals surface area contributed by atoms with Crippen molar-refractivity contribution in [2.45, 2.75) is 6.42 Å². The molecule has 0 spiro atoms. The zero-order chi connectivity index (χ0) is 12.7. The molecule has 7 heteroatoms. The lowest BCUT2D eigenvalue weighted by molar-refractivity contribution is -0.142. The Kier molecular flexibility index (Phi) is 5.05. The molecule has 0 fully saturated rings. The molecule has 0 aliphatic carbocycles. The van der Waals surface area contributed by atoms with Crippen molar-refractivity contribution < 1.29 is 17.9 Å². The second-order valence-electron chi connectivity index (χ2n) is 3.43. The minimum atomic E-state index is -3.23. The highest BCUT2D eigenvalue weighted by atomic mass is 32.2. The topological polar surface area (TPSA) is 85.4 Å². The Hall–Kier alpha value is -1.47. The second kappa shape index (κ2) is 6.31. The molecule has 0 aromatic carbocycles. The molecule has 1 heterocycles. The number of aromatic nitrogens is 1. The van der Waals surface area contributed by atoms with Crippen molar-refractivity contribution in [3.8, 4) is 0 Å². The van der Waals surface area contributed by atoms with E-state index in [1.54, 1.807) is 24.5 Å². The van der Waals surface area contributed by atoms with E-state index in [1.165, 1.54) is 0 Å². The molecule has 0 saturated heterocycles. The molecule has 0 aliphatic rings. The maximum absolute atomic E-state index is 11.3. The van der Waals surface area contributed by atoms with Gasteiger partial charge in [0, 0.05) is 18.9 Å². The van der Waals surface area contributed by atoms with Crippen molar-refractivity contribution in [1.82, 2.24) is 9.71 Å². The van der Waals surface area contributed by atoms with E-state index >= 15 is 0 Å². The van der Waals surface area contributed by atoms with E-state index in [-0.39, 0.29) is 19.6 Å². The number of nitrogens with one attached hydrogen (secondary N) is 1. The summed E-state index contributed by atoms with van der Waals surface area (Å²) in [6, 6.07) is 3.50. The number of carbonyl (C=O) groups excluding carboxylic acids is 1. The number of nitrogens with zero attached hydrogens (tertiary/aromatic N) is 1. The fraction of sp³-hybridized carbons (Fsp3) is 0.400. The van der Waals surface area contributed by atoms with Crippen molar-refractivity contribution in [3.05, 3.63) is 30.1 Å². The number of ether oxygens (including phenoxy) is 1. The van der Waals surface area contributed by atoms with Gasteiger partial charge >= 0.3 is 5.97 Å². The van der Waals surface area contributed by atoms with Gasteiger partial charge in [0.25, 0.3) is 0 Å². The van der Waals surface area contributed by atoms with E-state index in [4.69, 9.17) is 4.74 Å².